The highest BCUT2D eigenvalue weighted by Gasteiger charge is 2.15. The molecule has 0 aliphatic heterocycles. The van der Waals surface area contributed by atoms with Crippen molar-refractivity contribution in [1.29, 1.82) is 5.26 Å². The zero-order chi connectivity index (χ0) is 20.7. The van der Waals surface area contributed by atoms with E-state index in [1.54, 1.807) is 14.2 Å². The Morgan fingerprint density at radius 1 is 0.800 bits per heavy atom. The topological polar surface area (TPSA) is 47.2 Å². The van der Waals surface area contributed by atoms with Gasteiger partial charge < -0.3 is 14.0 Å². The Kier molecular flexibility index (Phi) is 4.30. The summed E-state index contributed by atoms with van der Waals surface area (Å²) in [6.45, 7) is 0.661. The first kappa shape index (κ1) is 18.1. The van der Waals surface area contributed by atoms with E-state index in [1.165, 1.54) is 0 Å². The normalized spacial score (nSPS) is 11.1. The quantitative estimate of drug-likeness (QED) is 0.383. The van der Waals surface area contributed by atoms with Crippen molar-refractivity contribution in [3.05, 3.63) is 83.9 Å². The predicted molar refractivity (Wildman–Crippen MR) is 120 cm³/mol. The van der Waals surface area contributed by atoms with E-state index < -0.39 is 0 Å². The van der Waals surface area contributed by atoms with Gasteiger partial charge in [-0.15, -0.1) is 0 Å². The van der Waals surface area contributed by atoms with Crippen LogP contribution in [0.2, 0.25) is 0 Å². The van der Waals surface area contributed by atoms with Gasteiger partial charge in [-0.1, -0.05) is 30.3 Å². The molecule has 4 heteroatoms. The van der Waals surface area contributed by atoms with Crippen LogP contribution in [0.5, 0.6) is 11.5 Å². The number of nitrogens with zero attached hydrogens (tertiary/aromatic N) is 2. The Labute approximate surface area is 174 Å². The molecule has 1 aromatic heterocycles. The summed E-state index contributed by atoms with van der Waals surface area (Å²) in [4.78, 5) is 0. The Balaban J connectivity index is 1.79. The molecule has 0 unspecified atom stereocenters. The molecule has 5 rings (SSSR count). The van der Waals surface area contributed by atoms with Gasteiger partial charge in [0, 0.05) is 33.7 Å². The van der Waals surface area contributed by atoms with Gasteiger partial charge in [-0.05, 0) is 53.4 Å². The third kappa shape index (κ3) is 2.75. The molecule has 146 valence electrons. The van der Waals surface area contributed by atoms with Crippen LogP contribution in [-0.4, -0.2) is 18.8 Å². The van der Waals surface area contributed by atoms with Gasteiger partial charge in [-0.25, -0.2) is 0 Å². The second kappa shape index (κ2) is 7.13. The van der Waals surface area contributed by atoms with Gasteiger partial charge in [0.15, 0.2) is 0 Å². The molecule has 0 N–H and O–H groups in total. The molecule has 0 aliphatic rings. The smallest absolute Gasteiger partial charge is 0.119 e. The maximum atomic E-state index is 9.66. The lowest BCUT2D eigenvalue weighted by molar-refractivity contribution is 0.415. The number of nitriles is 1. The van der Waals surface area contributed by atoms with Crippen LogP contribution in [0.4, 0.5) is 0 Å². The lowest BCUT2D eigenvalue weighted by Gasteiger charge is -2.12. The molecule has 1 heterocycles. The SMILES string of the molecule is COc1ccc2c(c1)c1cc(OC)ccc1n2Cc1cccc2cccc(C#N)c12. The molecule has 30 heavy (non-hydrogen) atoms. The average molecular weight is 392 g/mol. The number of benzene rings is 4. The average Bonchev–Trinajstić information content (AvgIpc) is 3.10. The molecule has 4 nitrogen and oxygen atoms in total. The van der Waals surface area contributed by atoms with Gasteiger partial charge in [0.1, 0.15) is 11.5 Å². The van der Waals surface area contributed by atoms with E-state index in [1.807, 2.05) is 24.3 Å². The molecule has 5 aromatic rings. The summed E-state index contributed by atoms with van der Waals surface area (Å²) < 4.78 is 13.2. The first-order valence-electron chi connectivity index (χ1n) is 9.78. The minimum atomic E-state index is 0.661. The van der Waals surface area contributed by atoms with Crippen LogP contribution in [0.15, 0.2) is 72.8 Å². The summed E-state index contributed by atoms with van der Waals surface area (Å²) in [6.07, 6.45) is 0. The Morgan fingerprint density at radius 2 is 1.40 bits per heavy atom. The van der Waals surface area contributed by atoms with Gasteiger partial charge in [-0.2, -0.15) is 5.26 Å². The van der Waals surface area contributed by atoms with Crippen molar-refractivity contribution in [2.75, 3.05) is 14.2 Å². The Bertz CT molecular complexity index is 1390. The second-order valence-corrected chi connectivity index (χ2v) is 7.28. The van der Waals surface area contributed by atoms with Crippen molar-refractivity contribution in [3.8, 4) is 17.6 Å². The van der Waals surface area contributed by atoms with Crippen LogP contribution >= 0.6 is 0 Å². The van der Waals surface area contributed by atoms with Crippen LogP contribution in [-0.2, 0) is 6.54 Å². The number of rotatable bonds is 4. The van der Waals surface area contributed by atoms with Crippen molar-refractivity contribution in [2.24, 2.45) is 0 Å². The number of aromatic nitrogens is 1. The Morgan fingerprint density at radius 3 is 1.97 bits per heavy atom. The number of hydrogen-bond donors (Lipinski definition) is 0. The van der Waals surface area contributed by atoms with Gasteiger partial charge in [0.25, 0.3) is 0 Å². The zero-order valence-corrected chi connectivity index (χ0v) is 16.8. The van der Waals surface area contributed by atoms with Gasteiger partial charge in [-0.3, -0.25) is 0 Å². The van der Waals surface area contributed by atoms with E-state index in [9.17, 15) is 5.26 Å². The van der Waals surface area contributed by atoms with E-state index in [0.29, 0.717) is 12.1 Å². The maximum absolute atomic E-state index is 9.66. The van der Waals surface area contributed by atoms with Gasteiger partial charge in [0.05, 0.1) is 25.9 Å². The van der Waals surface area contributed by atoms with Crippen molar-refractivity contribution in [2.45, 2.75) is 6.54 Å². The van der Waals surface area contributed by atoms with Gasteiger partial charge in [0.2, 0.25) is 0 Å². The summed E-state index contributed by atoms with van der Waals surface area (Å²) in [5.74, 6) is 1.64. The standard InChI is InChI=1S/C26H20N2O2/c1-29-20-9-11-24-22(13-20)23-14-21(30-2)10-12-25(23)28(24)16-19-8-4-6-17-5-3-7-18(15-27)26(17)19/h3-14H,16H2,1-2H3. The number of hydrogen-bond acceptors (Lipinski definition) is 3. The lowest BCUT2D eigenvalue weighted by Crippen LogP contribution is -2.01. The fraction of sp³-hybridized carbons (Fsp3) is 0.115. The summed E-state index contributed by atoms with van der Waals surface area (Å²) >= 11 is 0. The van der Waals surface area contributed by atoms with Crippen LogP contribution in [0.1, 0.15) is 11.1 Å². The van der Waals surface area contributed by atoms with Crippen LogP contribution in [0.3, 0.4) is 0 Å². The zero-order valence-electron chi connectivity index (χ0n) is 16.8. The van der Waals surface area contributed by atoms with Crippen LogP contribution in [0, 0.1) is 11.3 Å². The lowest BCUT2D eigenvalue weighted by atomic mass is 9.99. The summed E-state index contributed by atoms with van der Waals surface area (Å²) in [5.41, 5.74) is 4.05. The Hall–Kier alpha value is -3.97. The molecule has 0 spiro atoms. The van der Waals surface area contributed by atoms with E-state index in [2.05, 4.69) is 59.2 Å². The molecule has 0 fully saturated rings. The molecular formula is C26H20N2O2. The highest BCUT2D eigenvalue weighted by atomic mass is 16.5. The molecule has 0 radical (unpaired) electrons. The summed E-state index contributed by atoms with van der Waals surface area (Å²) in [5, 5.41) is 14.0. The number of ether oxygens (including phenoxy) is 2. The molecule has 0 amide bonds. The largest absolute Gasteiger partial charge is 0.497 e. The van der Waals surface area contributed by atoms with E-state index in [4.69, 9.17) is 9.47 Å². The maximum Gasteiger partial charge on any atom is 0.119 e. The van der Waals surface area contributed by atoms with Crippen molar-refractivity contribution in [3.63, 3.8) is 0 Å². The van der Waals surface area contributed by atoms with Crippen LogP contribution in [0.25, 0.3) is 32.6 Å². The molecular weight excluding hydrogens is 372 g/mol. The number of methoxy groups -OCH3 is 2. The van der Waals surface area contributed by atoms with Crippen molar-refractivity contribution < 1.29 is 9.47 Å². The third-order valence-electron chi connectivity index (χ3n) is 5.72. The van der Waals surface area contributed by atoms with Crippen molar-refractivity contribution >= 4 is 32.6 Å². The minimum absolute atomic E-state index is 0.661. The monoisotopic (exact) mass is 392 g/mol. The summed E-state index contributed by atoms with van der Waals surface area (Å²) in [6, 6.07) is 26.7. The van der Waals surface area contributed by atoms with E-state index in [-0.39, 0.29) is 0 Å². The third-order valence-corrected chi connectivity index (χ3v) is 5.72. The molecule has 0 saturated heterocycles. The van der Waals surface area contributed by atoms with Crippen molar-refractivity contribution in [1.82, 2.24) is 4.57 Å². The highest BCUT2D eigenvalue weighted by molar-refractivity contribution is 6.09. The van der Waals surface area contributed by atoms with Crippen LogP contribution < -0.4 is 9.47 Å². The number of fused-ring (bicyclic) bond motifs is 4. The molecule has 0 aliphatic carbocycles. The molecule has 0 saturated carbocycles. The summed E-state index contributed by atoms with van der Waals surface area (Å²) in [7, 11) is 3.36. The predicted octanol–water partition coefficient (Wildman–Crippen LogP) is 5.88. The van der Waals surface area contributed by atoms with E-state index >= 15 is 0 Å². The van der Waals surface area contributed by atoms with Gasteiger partial charge >= 0.3 is 0 Å². The minimum Gasteiger partial charge on any atom is -0.497 e. The second-order valence-electron chi connectivity index (χ2n) is 7.28. The molecule has 4 aromatic carbocycles. The highest BCUT2D eigenvalue weighted by Crippen LogP contribution is 2.35. The fourth-order valence-corrected chi connectivity index (χ4v) is 4.30. The molecule has 0 bridgehead atoms. The first-order valence-corrected chi connectivity index (χ1v) is 9.78. The fourth-order valence-electron chi connectivity index (χ4n) is 4.30. The van der Waals surface area contributed by atoms with E-state index in [0.717, 1.165) is 49.6 Å². The molecule has 0 atom stereocenters. The first-order chi connectivity index (χ1) is 14.7.